The molecule has 0 radical (unpaired) electrons. The standard InChI is InChI=1S/C32H50N2/c1-3-29(31-15-21-9-22(16-31)11-23(10-21)17-31)33-27-7-5-6-8-28(27)34-30(4-2)32-18-24-12-25(19-32)14-26(13-24)20-32/h3-4,21-28,33-34H,5-20H2,1-2H3/b29-3-,30-4-. The van der Waals surface area contributed by atoms with Crippen LogP contribution in [-0.2, 0) is 0 Å². The maximum absolute atomic E-state index is 4.29. The van der Waals surface area contributed by atoms with Gasteiger partial charge in [0.2, 0.25) is 0 Å². The highest BCUT2D eigenvalue weighted by atomic mass is 15.1. The van der Waals surface area contributed by atoms with E-state index in [1.807, 2.05) is 0 Å². The Bertz CT molecular complexity index is 709. The van der Waals surface area contributed by atoms with Crippen molar-refractivity contribution in [2.24, 2.45) is 46.3 Å². The Kier molecular flexibility index (Phi) is 5.45. The molecule has 2 N–H and O–H groups in total. The predicted octanol–water partition coefficient (Wildman–Crippen LogP) is 7.72. The summed E-state index contributed by atoms with van der Waals surface area (Å²) in [6.07, 6.45) is 28.6. The summed E-state index contributed by atoms with van der Waals surface area (Å²) in [6, 6.07) is 1.22. The van der Waals surface area contributed by atoms with E-state index in [0.29, 0.717) is 22.9 Å². The van der Waals surface area contributed by atoms with Crippen LogP contribution >= 0.6 is 0 Å². The molecule has 2 atom stereocenters. The van der Waals surface area contributed by atoms with Gasteiger partial charge < -0.3 is 10.6 Å². The first-order chi connectivity index (χ1) is 16.6. The Hall–Kier alpha value is -0.920. The van der Waals surface area contributed by atoms with Crippen LogP contribution in [0.3, 0.4) is 0 Å². The number of nitrogens with one attached hydrogen (secondary N) is 2. The Labute approximate surface area is 209 Å². The molecule has 0 saturated heterocycles. The number of hydrogen-bond donors (Lipinski definition) is 2. The second kappa shape index (κ2) is 8.31. The minimum atomic E-state index is 0.495. The first-order valence-electron chi connectivity index (χ1n) is 15.4. The molecule has 0 aromatic heterocycles. The van der Waals surface area contributed by atoms with Crippen molar-refractivity contribution in [2.45, 2.75) is 129 Å². The van der Waals surface area contributed by atoms with Gasteiger partial charge in [0.1, 0.15) is 0 Å². The van der Waals surface area contributed by atoms with Crippen LogP contribution in [0.15, 0.2) is 23.5 Å². The molecule has 2 unspecified atom stereocenters. The number of rotatable bonds is 6. The van der Waals surface area contributed by atoms with E-state index in [1.165, 1.54) is 64.2 Å². The van der Waals surface area contributed by atoms with Crippen LogP contribution in [0, 0.1) is 46.3 Å². The van der Waals surface area contributed by atoms with E-state index in [2.05, 4.69) is 36.6 Å². The average Bonchev–Trinajstić information content (AvgIpc) is 2.79. The molecule has 9 aliphatic rings. The first kappa shape index (κ1) is 22.3. The lowest BCUT2D eigenvalue weighted by molar-refractivity contribution is -0.0375. The van der Waals surface area contributed by atoms with Crippen LogP contribution < -0.4 is 10.6 Å². The lowest BCUT2D eigenvalue weighted by Crippen LogP contribution is -2.56. The average molecular weight is 463 g/mol. The van der Waals surface area contributed by atoms with Crippen LogP contribution in [-0.4, -0.2) is 12.1 Å². The van der Waals surface area contributed by atoms with Crippen LogP contribution in [0.2, 0.25) is 0 Å². The van der Waals surface area contributed by atoms with E-state index in [-0.39, 0.29) is 0 Å². The Morgan fingerprint density at radius 3 is 1.09 bits per heavy atom. The van der Waals surface area contributed by atoms with E-state index < -0.39 is 0 Å². The second-order valence-electron chi connectivity index (χ2n) is 14.6. The van der Waals surface area contributed by atoms with Crippen molar-refractivity contribution in [3.8, 4) is 0 Å². The molecular formula is C32H50N2. The molecule has 9 aliphatic carbocycles. The van der Waals surface area contributed by atoms with Gasteiger partial charge in [0.05, 0.1) is 0 Å². The zero-order valence-corrected chi connectivity index (χ0v) is 22.1. The van der Waals surface area contributed by atoms with E-state index in [4.69, 9.17) is 0 Å². The fourth-order valence-corrected chi connectivity index (χ4v) is 11.8. The molecule has 34 heavy (non-hydrogen) atoms. The highest BCUT2D eigenvalue weighted by molar-refractivity contribution is 5.23. The lowest BCUT2D eigenvalue weighted by Gasteiger charge is -2.59. The van der Waals surface area contributed by atoms with Gasteiger partial charge >= 0.3 is 0 Å². The minimum absolute atomic E-state index is 0.495. The molecule has 2 heteroatoms. The Morgan fingerprint density at radius 2 is 0.824 bits per heavy atom. The van der Waals surface area contributed by atoms with Crippen molar-refractivity contribution in [3.63, 3.8) is 0 Å². The number of allylic oxidation sites excluding steroid dienone is 4. The van der Waals surface area contributed by atoms with Crippen molar-refractivity contribution < 1.29 is 0 Å². The van der Waals surface area contributed by atoms with E-state index in [0.717, 1.165) is 35.5 Å². The summed E-state index contributed by atoms with van der Waals surface area (Å²) in [5.74, 6) is 6.13. The van der Waals surface area contributed by atoms with Gasteiger partial charge in [0.15, 0.2) is 0 Å². The molecule has 0 aliphatic heterocycles. The number of hydrogen-bond acceptors (Lipinski definition) is 2. The fraction of sp³-hybridized carbons (Fsp3) is 0.875. The summed E-state index contributed by atoms with van der Waals surface area (Å²) in [6.45, 7) is 4.66. The highest BCUT2D eigenvalue weighted by Crippen LogP contribution is 2.63. The van der Waals surface area contributed by atoms with Crippen LogP contribution in [0.4, 0.5) is 0 Å². The zero-order valence-electron chi connectivity index (χ0n) is 22.1. The van der Waals surface area contributed by atoms with Crippen molar-refractivity contribution in [1.29, 1.82) is 0 Å². The van der Waals surface area contributed by atoms with Gasteiger partial charge in [-0.05, 0) is 139 Å². The molecular weight excluding hydrogens is 412 g/mol. The summed E-state index contributed by atoms with van der Waals surface area (Å²) in [4.78, 5) is 0. The molecule has 0 heterocycles. The van der Waals surface area contributed by atoms with Gasteiger partial charge in [-0.2, -0.15) is 0 Å². The third kappa shape index (κ3) is 3.62. The summed E-state index contributed by atoms with van der Waals surface area (Å²) in [5.41, 5.74) is 4.30. The Morgan fingerprint density at radius 1 is 0.529 bits per heavy atom. The van der Waals surface area contributed by atoms with Gasteiger partial charge in [-0.3, -0.25) is 0 Å². The third-order valence-electron chi connectivity index (χ3n) is 12.2. The predicted molar refractivity (Wildman–Crippen MR) is 141 cm³/mol. The quantitative estimate of drug-likeness (QED) is 0.422. The minimum Gasteiger partial charge on any atom is -0.383 e. The summed E-state index contributed by atoms with van der Waals surface area (Å²) in [7, 11) is 0. The van der Waals surface area contributed by atoms with E-state index in [9.17, 15) is 0 Å². The normalized spacial score (nSPS) is 51.7. The van der Waals surface area contributed by atoms with E-state index in [1.54, 1.807) is 49.9 Å². The Balaban J connectivity index is 1.09. The molecule has 0 amide bonds. The summed E-state index contributed by atoms with van der Waals surface area (Å²) < 4.78 is 0. The fourth-order valence-electron chi connectivity index (χ4n) is 11.8. The molecule has 0 aromatic rings. The van der Waals surface area contributed by atoms with Gasteiger partial charge in [0.25, 0.3) is 0 Å². The monoisotopic (exact) mass is 462 g/mol. The highest BCUT2D eigenvalue weighted by Gasteiger charge is 2.54. The third-order valence-corrected chi connectivity index (χ3v) is 12.2. The molecule has 9 saturated carbocycles. The van der Waals surface area contributed by atoms with Gasteiger partial charge in [-0.25, -0.2) is 0 Å². The lowest BCUT2D eigenvalue weighted by atomic mass is 9.48. The largest absolute Gasteiger partial charge is 0.383 e. The maximum atomic E-state index is 4.29. The van der Waals surface area contributed by atoms with Crippen molar-refractivity contribution in [3.05, 3.63) is 23.5 Å². The maximum Gasteiger partial charge on any atom is 0.0459 e. The topological polar surface area (TPSA) is 24.1 Å². The van der Waals surface area contributed by atoms with Crippen molar-refractivity contribution >= 4 is 0 Å². The SMILES string of the molecule is C/C=C(\NC1CCCCC1N/C(=C\C)C12CC3CC(CC(C3)C1)C2)C12CC3CC(CC(C3)C1)C2. The molecule has 188 valence electrons. The van der Waals surface area contributed by atoms with Crippen molar-refractivity contribution in [2.75, 3.05) is 0 Å². The molecule has 8 bridgehead atoms. The molecule has 9 rings (SSSR count). The molecule has 0 aromatic carbocycles. The van der Waals surface area contributed by atoms with Crippen LogP contribution in [0.1, 0.15) is 117 Å². The second-order valence-corrected chi connectivity index (χ2v) is 14.6. The van der Waals surface area contributed by atoms with Crippen LogP contribution in [0.25, 0.3) is 0 Å². The summed E-state index contributed by atoms with van der Waals surface area (Å²) >= 11 is 0. The van der Waals surface area contributed by atoms with Crippen LogP contribution in [0.5, 0.6) is 0 Å². The van der Waals surface area contributed by atoms with Gasteiger partial charge in [0, 0.05) is 34.3 Å². The molecule has 9 fully saturated rings. The van der Waals surface area contributed by atoms with E-state index >= 15 is 0 Å². The zero-order chi connectivity index (χ0) is 22.9. The smallest absolute Gasteiger partial charge is 0.0459 e. The molecule has 0 spiro atoms. The summed E-state index contributed by atoms with van der Waals surface area (Å²) in [5, 5.41) is 8.57. The van der Waals surface area contributed by atoms with Crippen molar-refractivity contribution in [1.82, 2.24) is 10.6 Å². The first-order valence-corrected chi connectivity index (χ1v) is 15.4. The van der Waals surface area contributed by atoms with Gasteiger partial charge in [-0.1, -0.05) is 25.0 Å². The van der Waals surface area contributed by atoms with Gasteiger partial charge in [-0.15, -0.1) is 0 Å². The molecule has 2 nitrogen and oxygen atoms in total.